The van der Waals surface area contributed by atoms with Crippen molar-refractivity contribution in [2.45, 2.75) is 6.42 Å². The SMILES string of the molecule is CNCC1CCN(c2ccc(Cl)cc2)C1. The van der Waals surface area contributed by atoms with Crippen LogP contribution >= 0.6 is 11.6 Å². The van der Waals surface area contributed by atoms with Crippen LogP contribution in [0.15, 0.2) is 24.3 Å². The molecule has 3 heteroatoms. The minimum Gasteiger partial charge on any atom is -0.371 e. The lowest BCUT2D eigenvalue weighted by Gasteiger charge is -2.18. The van der Waals surface area contributed by atoms with E-state index in [-0.39, 0.29) is 0 Å². The molecule has 0 saturated carbocycles. The van der Waals surface area contributed by atoms with E-state index in [1.54, 1.807) is 0 Å². The Morgan fingerprint density at radius 3 is 2.80 bits per heavy atom. The molecule has 1 fully saturated rings. The zero-order valence-corrected chi connectivity index (χ0v) is 9.80. The second-order valence-corrected chi connectivity index (χ2v) is 4.57. The van der Waals surface area contributed by atoms with Gasteiger partial charge in [0.1, 0.15) is 0 Å². The Labute approximate surface area is 96.2 Å². The highest BCUT2D eigenvalue weighted by Crippen LogP contribution is 2.24. The third-order valence-corrected chi connectivity index (χ3v) is 3.22. The zero-order chi connectivity index (χ0) is 10.7. The maximum absolute atomic E-state index is 5.87. The molecule has 2 nitrogen and oxygen atoms in total. The molecule has 1 aliphatic rings. The molecule has 1 aromatic rings. The monoisotopic (exact) mass is 224 g/mol. The molecule has 82 valence electrons. The van der Waals surface area contributed by atoms with Crippen LogP contribution in [0.4, 0.5) is 5.69 Å². The van der Waals surface area contributed by atoms with Crippen molar-refractivity contribution in [2.24, 2.45) is 5.92 Å². The fourth-order valence-electron chi connectivity index (χ4n) is 2.17. The fraction of sp³-hybridized carbons (Fsp3) is 0.500. The lowest BCUT2D eigenvalue weighted by Crippen LogP contribution is -2.24. The van der Waals surface area contributed by atoms with Crippen molar-refractivity contribution in [2.75, 3.05) is 31.6 Å². The third kappa shape index (κ3) is 2.64. The molecule has 2 rings (SSSR count). The van der Waals surface area contributed by atoms with Crippen molar-refractivity contribution in [3.63, 3.8) is 0 Å². The lowest BCUT2D eigenvalue weighted by molar-refractivity contribution is 0.549. The quantitative estimate of drug-likeness (QED) is 0.848. The Morgan fingerprint density at radius 1 is 1.40 bits per heavy atom. The van der Waals surface area contributed by atoms with Crippen LogP contribution in [0.25, 0.3) is 0 Å². The number of benzene rings is 1. The summed E-state index contributed by atoms with van der Waals surface area (Å²) in [6.07, 6.45) is 1.28. The van der Waals surface area contributed by atoms with Crippen LogP contribution in [0.1, 0.15) is 6.42 Å². The van der Waals surface area contributed by atoms with Crippen molar-refractivity contribution < 1.29 is 0 Å². The summed E-state index contributed by atoms with van der Waals surface area (Å²) in [5.41, 5.74) is 1.29. The second kappa shape index (κ2) is 4.86. The highest BCUT2D eigenvalue weighted by Gasteiger charge is 2.21. The molecule has 1 aromatic carbocycles. The highest BCUT2D eigenvalue weighted by atomic mass is 35.5. The van der Waals surface area contributed by atoms with Gasteiger partial charge in [-0.25, -0.2) is 0 Å². The Kier molecular flexibility index (Phi) is 3.49. The Hall–Kier alpha value is -0.730. The van der Waals surface area contributed by atoms with Crippen LogP contribution in [0.3, 0.4) is 0 Å². The minimum absolute atomic E-state index is 0.783. The van der Waals surface area contributed by atoms with E-state index in [0.29, 0.717) is 0 Å². The summed E-state index contributed by atoms with van der Waals surface area (Å²) in [5, 5.41) is 4.05. The molecule has 0 bridgehead atoms. The van der Waals surface area contributed by atoms with Crippen molar-refractivity contribution in [1.29, 1.82) is 0 Å². The van der Waals surface area contributed by atoms with Crippen LogP contribution in [0.5, 0.6) is 0 Å². The Bertz CT molecular complexity index is 310. The van der Waals surface area contributed by atoms with E-state index in [0.717, 1.165) is 30.6 Å². The van der Waals surface area contributed by atoms with Crippen LogP contribution in [-0.4, -0.2) is 26.7 Å². The standard InChI is InChI=1S/C12H17ClN2/c1-14-8-10-6-7-15(9-10)12-4-2-11(13)3-5-12/h2-5,10,14H,6-9H2,1H3. The predicted octanol–water partition coefficient (Wildman–Crippen LogP) is 2.39. The number of hydrogen-bond donors (Lipinski definition) is 1. The molecule has 1 saturated heterocycles. The van der Waals surface area contributed by atoms with Gasteiger partial charge in [-0.2, -0.15) is 0 Å². The molecular formula is C12H17ClN2. The Morgan fingerprint density at radius 2 is 2.13 bits per heavy atom. The number of anilines is 1. The maximum Gasteiger partial charge on any atom is 0.0407 e. The van der Waals surface area contributed by atoms with Crippen molar-refractivity contribution in [3.8, 4) is 0 Å². The molecule has 1 unspecified atom stereocenters. The molecule has 1 N–H and O–H groups in total. The van der Waals surface area contributed by atoms with Crippen molar-refractivity contribution >= 4 is 17.3 Å². The third-order valence-electron chi connectivity index (χ3n) is 2.97. The molecule has 15 heavy (non-hydrogen) atoms. The summed E-state index contributed by atoms with van der Waals surface area (Å²) in [7, 11) is 2.02. The number of halogens is 1. The van der Waals surface area contributed by atoms with E-state index in [1.807, 2.05) is 19.2 Å². The first kappa shape index (κ1) is 10.8. The highest BCUT2D eigenvalue weighted by molar-refractivity contribution is 6.30. The molecule has 1 aliphatic heterocycles. The summed E-state index contributed by atoms with van der Waals surface area (Å²) < 4.78 is 0. The van der Waals surface area contributed by atoms with Crippen molar-refractivity contribution in [3.05, 3.63) is 29.3 Å². The maximum atomic E-state index is 5.87. The van der Waals surface area contributed by atoms with E-state index in [4.69, 9.17) is 11.6 Å². The average molecular weight is 225 g/mol. The molecular weight excluding hydrogens is 208 g/mol. The van der Waals surface area contributed by atoms with Gasteiger partial charge in [0.2, 0.25) is 0 Å². The van der Waals surface area contributed by atoms with Gasteiger partial charge < -0.3 is 10.2 Å². The van der Waals surface area contributed by atoms with Gasteiger partial charge in [-0.15, -0.1) is 0 Å². The van der Waals surface area contributed by atoms with Gasteiger partial charge in [-0.1, -0.05) is 11.6 Å². The first-order chi connectivity index (χ1) is 7.29. The molecule has 0 aliphatic carbocycles. The first-order valence-corrected chi connectivity index (χ1v) is 5.82. The van der Waals surface area contributed by atoms with E-state index >= 15 is 0 Å². The molecule has 0 spiro atoms. The fourth-order valence-corrected chi connectivity index (χ4v) is 2.30. The van der Waals surface area contributed by atoms with Crippen molar-refractivity contribution in [1.82, 2.24) is 5.32 Å². The predicted molar refractivity (Wildman–Crippen MR) is 65.7 cm³/mol. The average Bonchev–Trinajstić information content (AvgIpc) is 2.68. The van der Waals surface area contributed by atoms with Crippen LogP contribution < -0.4 is 10.2 Å². The number of nitrogens with one attached hydrogen (secondary N) is 1. The lowest BCUT2D eigenvalue weighted by atomic mass is 10.1. The molecule has 1 atom stereocenters. The van der Waals surface area contributed by atoms with Gasteiger partial charge in [0.25, 0.3) is 0 Å². The molecule has 0 aromatic heterocycles. The summed E-state index contributed by atoms with van der Waals surface area (Å²) in [4.78, 5) is 2.43. The summed E-state index contributed by atoms with van der Waals surface area (Å²) in [5.74, 6) is 0.783. The number of hydrogen-bond acceptors (Lipinski definition) is 2. The van der Waals surface area contributed by atoms with E-state index < -0.39 is 0 Å². The van der Waals surface area contributed by atoms with E-state index in [2.05, 4.69) is 22.3 Å². The van der Waals surface area contributed by atoms with Gasteiger partial charge in [-0.3, -0.25) is 0 Å². The normalized spacial score (nSPS) is 20.9. The molecule has 0 amide bonds. The molecule has 1 heterocycles. The number of nitrogens with zero attached hydrogens (tertiary/aromatic N) is 1. The van der Waals surface area contributed by atoms with Gasteiger partial charge in [0, 0.05) is 23.8 Å². The van der Waals surface area contributed by atoms with Gasteiger partial charge >= 0.3 is 0 Å². The topological polar surface area (TPSA) is 15.3 Å². The summed E-state index contributed by atoms with van der Waals surface area (Å²) >= 11 is 5.87. The van der Waals surface area contributed by atoms with Crippen LogP contribution in [0.2, 0.25) is 5.02 Å². The minimum atomic E-state index is 0.783. The van der Waals surface area contributed by atoms with E-state index in [1.165, 1.54) is 12.1 Å². The summed E-state index contributed by atoms with van der Waals surface area (Å²) in [6.45, 7) is 3.43. The second-order valence-electron chi connectivity index (χ2n) is 4.13. The number of rotatable bonds is 3. The summed E-state index contributed by atoms with van der Waals surface area (Å²) in [6, 6.07) is 8.12. The zero-order valence-electron chi connectivity index (χ0n) is 9.04. The van der Waals surface area contributed by atoms with Crippen LogP contribution in [-0.2, 0) is 0 Å². The largest absolute Gasteiger partial charge is 0.371 e. The van der Waals surface area contributed by atoms with Gasteiger partial charge in [0.15, 0.2) is 0 Å². The Balaban J connectivity index is 1.98. The van der Waals surface area contributed by atoms with Gasteiger partial charge in [-0.05, 0) is 50.2 Å². The smallest absolute Gasteiger partial charge is 0.0407 e. The van der Waals surface area contributed by atoms with Gasteiger partial charge in [0.05, 0.1) is 0 Å². The first-order valence-electron chi connectivity index (χ1n) is 5.44. The van der Waals surface area contributed by atoms with E-state index in [9.17, 15) is 0 Å². The van der Waals surface area contributed by atoms with Crippen LogP contribution in [0, 0.1) is 5.92 Å². The molecule has 0 radical (unpaired) electrons.